The van der Waals surface area contributed by atoms with Gasteiger partial charge in [0.15, 0.2) is 0 Å². The Morgan fingerprint density at radius 1 is 1.09 bits per heavy atom. The minimum Gasteiger partial charge on any atom is -0.507 e. The van der Waals surface area contributed by atoms with Crippen LogP contribution in [-0.4, -0.2) is 17.2 Å². The molecule has 0 bridgehead atoms. The van der Waals surface area contributed by atoms with Gasteiger partial charge in [-0.2, -0.15) is 5.10 Å². The summed E-state index contributed by atoms with van der Waals surface area (Å²) in [5.74, 6) is -0.175. The highest BCUT2D eigenvalue weighted by Crippen LogP contribution is 2.27. The molecule has 114 valence electrons. The molecule has 0 spiro atoms. The van der Waals surface area contributed by atoms with Gasteiger partial charge in [0.2, 0.25) is 0 Å². The summed E-state index contributed by atoms with van der Waals surface area (Å²) < 4.78 is 0.821. The normalized spacial score (nSPS) is 11.0. The Labute approximate surface area is 141 Å². The quantitative estimate of drug-likeness (QED) is 0.540. The Kier molecular flexibility index (Phi) is 4.39. The van der Waals surface area contributed by atoms with Crippen molar-refractivity contribution in [1.82, 2.24) is 5.43 Å². The van der Waals surface area contributed by atoms with E-state index in [9.17, 15) is 9.90 Å². The minimum absolute atomic E-state index is 0.142. The number of nitrogens with zero attached hydrogens (tertiary/aromatic N) is 1. The molecular weight excluding hydrogens is 356 g/mol. The zero-order valence-electron chi connectivity index (χ0n) is 12.0. The summed E-state index contributed by atoms with van der Waals surface area (Å²) >= 11 is 3.32. The summed E-state index contributed by atoms with van der Waals surface area (Å²) in [6.07, 6.45) is 1.43. The third kappa shape index (κ3) is 3.40. The number of hydrogen-bond acceptors (Lipinski definition) is 3. The van der Waals surface area contributed by atoms with E-state index in [0.29, 0.717) is 11.1 Å². The van der Waals surface area contributed by atoms with Crippen molar-refractivity contribution in [3.63, 3.8) is 0 Å². The average molecular weight is 369 g/mol. The van der Waals surface area contributed by atoms with E-state index in [1.54, 1.807) is 24.3 Å². The number of nitrogens with one attached hydrogen (secondary N) is 1. The van der Waals surface area contributed by atoms with Crippen molar-refractivity contribution in [3.8, 4) is 5.75 Å². The second-order valence-electron chi connectivity index (χ2n) is 4.93. The zero-order valence-corrected chi connectivity index (χ0v) is 13.6. The number of rotatable bonds is 3. The third-order valence-corrected chi connectivity index (χ3v) is 3.88. The fraction of sp³-hybridized carbons (Fsp3) is 0. The maximum Gasteiger partial charge on any atom is 0.271 e. The number of hydrogen-bond donors (Lipinski definition) is 2. The van der Waals surface area contributed by atoms with Gasteiger partial charge in [0.05, 0.1) is 6.21 Å². The molecular formula is C18H13BrN2O2. The number of phenolic OH excluding ortho intramolecular Hbond substituents is 1. The van der Waals surface area contributed by atoms with Gasteiger partial charge < -0.3 is 5.11 Å². The lowest BCUT2D eigenvalue weighted by Crippen LogP contribution is -2.17. The van der Waals surface area contributed by atoms with Gasteiger partial charge in [0, 0.05) is 21.0 Å². The van der Waals surface area contributed by atoms with Crippen LogP contribution in [-0.2, 0) is 0 Å². The molecule has 0 atom stereocenters. The smallest absolute Gasteiger partial charge is 0.271 e. The van der Waals surface area contributed by atoms with Crippen LogP contribution in [0.2, 0.25) is 0 Å². The molecule has 3 aromatic rings. The molecule has 3 rings (SSSR count). The second-order valence-corrected chi connectivity index (χ2v) is 5.85. The first kappa shape index (κ1) is 15.2. The topological polar surface area (TPSA) is 61.7 Å². The number of carbonyl (C=O) groups is 1. The molecule has 0 unspecified atom stereocenters. The Balaban J connectivity index is 1.78. The van der Waals surface area contributed by atoms with E-state index in [0.717, 1.165) is 15.2 Å². The molecule has 0 heterocycles. The van der Waals surface area contributed by atoms with Gasteiger partial charge in [-0.15, -0.1) is 0 Å². The van der Waals surface area contributed by atoms with E-state index in [-0.39, 0.29) is 11.7 Å². The van der Waals surface area contributed by atoms with Crippen molar-refractivity contribution < 1.29 is 9.90 Å². The van der Waals surface area contributed by atoms with Gasteiger partial charge in [-0.1, -0.05) is 52.3 Å². The number of phenols is 1. The summed E-state index contributed by atoms with van der Waals surface area (Å²) in [7, 11) is 0. The van der Waals surface area contributed by atoms with E-state index in [1.807, 2.05) is 36.4 Å². The predicted molar refractivity (Wildman–Crippen MR) is 94.8 cm³/mol. The van der Waals surface area contributed by atoms with Crippen LogP contribution in [0, 0.1) is 0 Å². The Bertz CT molecular complexity index is 906. The lowest BCUT2D eigenvalue weighted by molar-refractivity contribution is 0.0955. The molecule has 5 heteroatoms. The highest BCUT2D eigenvalue weighted by Gasteiger charge is 2.06. The standard InChI is InChI=1S/C18H13BrN2O2/c19-15-6-3-5-13(10-15)18(23)21-20-11-14-9-8-12-4-1-2-7-16(12)17(14)22/h1-11,22H,(H,21,23). The van der Waals surface area contributed by atoms with E-state index < -0.39 is 0 Å². The summed E-state index contributed by atoms with van der Waals surface area (Å²) in [6.45, 7) is 0. The Morgan fingerprint density at radius 2 is 1.91 bits per heavy atom. The molecule has 3 aromatic carbocycles. The zero-order chi connectivity index (χ0) is 16.2. The summed E-state index contributed by atoms with van der Waals surface area (Å²) in [5, 5.41) is 15.9. The number of halogens is 1. The predicted octanol–water partition coefficient (Wildman–Crippen LogP) is 4.07. The summed E-state index contributed by atoms with van der Waals surface area (Å²) in [4.78, 5) is 12.0. The van der Waals surface area contributed by atoms with Gasteiger partial charge in [-0.3, -0.25) is 4.79 Å². The number of hydrazone groups is 1. The second kappa shape index (κ2) is 6.62. The fourth-order valence-corrected chi connectivity index (χ4v) is 2.63. The average Bonchev–Trinajstić information content (AvgIpc) is 2.57. The molecule has 0 saturated heterocycles. The van der Waals surface area contributed by atoms with E-state index >= 15 is 0 Å². The van der Waals surface area contributed by atoms with Crippen LogP contribution >= 0.6 is 15.9 Å². The van der Waals surface area contributed by atoms with Crippen molar-refractivity contribution in [3.05, 3.63) is 76.3 Å². The lowest BCUT2D eigenvalue weighted by Gasteiger charge is -2.04. The van der Waals surface area contributed by atoms with Gasteiger partial charge in [-0.25, -0.2) is 5.43 Å². The Hall–Kier alpha value is -2.66. The van der Waals surface area contributed by atoms with Crippen molar-refractivity contribution in [2.24, 2.45) is 5.10 Å². The highest BCUT2D eigenvalue weighted by atomic mass is 79.9. The molecule has 0 radical (unpaired) electrons. The van der Waals surface area contributed by atoms with Crippen LogP contribution < -0.4 is 5.43 Å². The van der Waals surface area contributed by atoms with E-state index in [4.69, 9.17) is 0 Å². The van der Waals surface area contributed by atoms with E-state index in [1.165, 1.54) is 6.21 Å². The van der Waals surface area contributed by atoms with Crippen molar-refractivity contribution in [2.45, 2.75) is 0 Å². The third-order valence-electron chi connectivity index (χ3n) is 3.39. The SMILES string of the molecule is O=C(NN=Cc1ccc2ccccc2c1O)c1cccc(Br)c1. The fourth-order valence-electron chi connectivity index (χ4n) is 2.23. The first-order chi connectivity index (χ1) is 11.1. The summed E-state index contributed by atoms with van der Waals surface area (Å²) in [6, 6.07) is 18.2. The number of carbonyl (C=O) groups excluding carboxylic acids is 1. The van der Waals surface area contributed by atoms with Crippen molar-refractivity contribution in [1.29, 1.82) is 0 Å². The number of fused-ring (bicyclic) bond motifs is 1. The largest absolute Gasteiger partial charge is 0.507 e. The number of aromatic hydroxyl groups is 1. The Morgan fingerprint density at radius 3 is 2.74 bits per heavy atom. The van der Waals surface area contributed by atoms with Gasteiger partial charge in [0.1, 0.15) is 5.75 Å². The van der Waals surface area contributed by atoms with Crippen LogP contribution in [0.5, 0.6) is 5.75 Å². The molecule has 0 aliphatic rings. The molecule has 4 nitrogen and oxygen atoms in total. The molecule has 23 heavy (non-hydrogen) atoms. The van der Waals surface area contributed by atoms with Gasteiger partial charge >= 0.3 is 0 Å². The van der Waals surface area contributed by atoms with Crippen LogP contribution in [0.4, 0.5) is 0 Å². The minimum atomic E-state index is -0.317. The molecule has 2 N–H and O–H groups in total. The molecule has 0 aliphatic heterocycles. The molecule has 0 aliphatic carbocycles. The molecule has 0 aromatic heterocycles. The van der Waals surface area contributed by atoms with Gasteiger partial charge in [0.25, 0.3) is 5.91 Å². The van der Waals surface area contributed by atoms with Crippen LogP contribution in [0.3, 0.4) is 0 Å². The number of amides is 1. The molecule has 1 amide bonds. The van der Waals surface area contributed by atoms with Gasteiger partial charge in [-0.05, 0) is 29.7 Å². The first-order valence-electron chi connectivity index (χ1n) is 6.95. The van der Waals surface area contributed by atoms with E-state index in [2.05, 4.69) is 26.5 Å². The molecule has 0 fully saturated rings. The van der Waals surface area contributed by atoms with Crippen molar-refractivity contribution >= 4 is 38.8 Å². The lowest BCUT2D eigenvalue weighted by atomic mass is 10.1. The molecule has 0 saturated carbocycles. The maximum atomic E-state index is 12.0. The monoisotopic (exact) mass is 368 g/mol. The summed E-state index contributed by atoms with van der Waals surface area (Å²) in [5.41, 5.74) is 3.49. The van der Waals surface area contributed by atoms with Crippen LogP contribution in [0.25, 0.3) is 10.8 Å². The maximum absolute atomic E-state index is 12.0. The van der Waals surface area contributed by atoms with Crippen molar-refractivity contribution in [2.75, 3.05) is 0 Å². The highest BCUT2D eigenvalue weighted by molar-refractivity contribution is 9.10. The number of benzene rings is 3. The van der Waals surface area contributed by atoms with Crippen LogP contribution in [0.15, 0.2) is 70.2 Å². The first-order valence-corrected chi connectivity index (χ1v) is 7.74. The van der Waals surface area contributed by atoms with Crippen LogP contribution in [0.1, 0.15) is 15.9 Å².